The molecule has 4 aromatic rings. The largest absolute Gasteiger partial charge is 0.465 e. The molecule has 214 valence electrons. The molecule has 0 spiro atoms. The molecule has 41 heavy (non-hydrogen) atoms. The van der Waals surface area contributed by atoms with E-state index in [1.54, 1.807) is 33.7 Å². The summed E-state index contributed by atoms with van der Waals surface area (Å²) in [7, 11) is 3.27. The first kappa shape index (κ1) is 27.6. The van der Waals surface area contributed by atoms with E-state index in [2.05, 4.69) is 30.5 Å². The van der Waals surface area contributed by atoms with Crippen molar-refractivity contribution in [2.45, 2.75) is 6.18 Å². The number of piperazine rings is 1. The van der Waals surface area contributed by atoms with Gasteiger partial charge in [-0.05, 0) is 49.5 Å². The number of hydrogen-bond acceptors (Lipinski definition) is 7. The molecule has 0 atom stereocenters. The summed E-state index contributed by atoms with van der Waals surface area (Å²) >= 11 is 0. The fourth-order valence-electron chi connectivity index (χ4n) is 4.51. The second-order valence-electron chi connectivity index (χ2n) is 9.47. The average molecular weight is 570 g/mol. The molecule has 2 aromatic carbocycles. The van der Waals surface area contributed by atoms with Gasteiger partial charge in [-0.2, -0.15) is 13.2 Å². The van der Waals surface area contributed by atoms with E-state index >= 15 is 0 Å². The minimum absolute atomic E-state index is 0.0102. The van der Waals surface area contributed by atoms with Crippen LogP contribution in [0.3, 0.4) is 0 Å². The number of imidazole rings is 1. The van der Waals surface area contributed by atoms with Gasteiger partial charge in [0.2, 0.25) is 0 Å². The Balaban J connectivity index is 1.29. The van der Waals surface area contributed by atoms with E-state index in [4.69, 9.17) is 0 Å². The summed E-state index contributed by atoms with van der Waals surface area (Å²) in [4.78, 5) is 41.1. The second kappa shape index (κ2) is 10.9. The van der Waals surface area contributed by atoms with Crippen molar-refractivity contribution in [3.05, 3.63) is 60.7 Å². The van der Waals surface area contributed by atoms with Crippen molar-refractivity contribution >= 4 is 46.2 Å². The van der Waals surface area contributed by atoms with Gasteiger partial charge in [0.25, 0.3) is 0 Å². The number of rotatable bonds is 5. The highest BCUT2D eigenvalue weighted by Crippen LogP contribution is 2.38. The van der Waals surface area contributed by atoms with Crippen molar-refractivity contribution in [2.75, 3.05) is 60.7 Å². The zero-order valence-corrected chi connectivity index (χ0v) is 22.1. The van der Waals surface area contributed by atoms with Gasteiger partial charge < -0.3 is 25.5 Å². The molecule has 2 aromatic heterocycles. The summed E-state index contributed by atoms with van der Waals surface area (Å²) < 4.78 is 43.3. The van der Waals surface area contributed by atoms with Gasteiger partial charge >= 0.3 is 18.3 Å². The number of likely N-dealkylation sites (N-methyl/N-ethyl adjacent to an activating group) is 1. The Hall–Kier alpha value is -4.92. The number of nitrogens with one attached hydrogen (secondary N) is 2. The lowest BCUT2D eigenvalue weighted by molar-refractivity contribution is -0.137. The van der Waals surface area contributed by atoms with Crippen molar-refractivity contribution in [2.24, 2.45) is 0 Å². The minimum Gasteiger partial charge on any atom is -0.465 e. The maximum absolute atomic E-state index is 13.9. The van der Waals surface area contributed by atoms with E-state index in [9.17, 15) is 27.9 Å². The Morgan fingerprint density at radius 3 is 2.27 bits per heavy atom. The van der Waals surface area contributed by atoms with Crippen LogP contribution in [-0.4, -0.2) is 81.9 Å². The van der Waals surface area contributed by atoms with Gasteiger partial charge in [0.15, 0.2) is 17.0 Å². The van der Waals surface area contributed by atoms with Crippen molar-refractivity contribution < 1.29 is 27.9 Å². The molecule has 0 aliphatic carbocycles. The maximum atomic E-state index is 13.9. The first-order valence-electron chi connectivity index (χ1n) is 12.5. The van der Waals surface area contributed by atoms with Gasteiger partial charge in [-0.15, -0.1) is 0 Å². The third-order valence-corrected chi connectivity index (χ3v) is 6.73. The summed E-state index contributed by atoms with van der Waals surface area (Å²) in [5, 5.41) is 14.4. The summed E-state index contributed by atoms with van der Waals surface area (Å²) in [6, 6.07) is 9.62. The van der Waals surface area contributed by atoms with Crippen LogP contribution in [0.2, 0.25) is 0 Å². The highest BCUT2D eigenvalue weighted by molar-refractivity contribution is 6.00. The van der Waals surface area contributed by atoms with Crippen LogP contribution in [0.4, 0.5) is 45.6 Å². The number of urea groups is 1. The van der Waals surface area contributed by atoms with E-state index in [0.29, 0.717) is 43.2 Å². The number of fused-ring (bicyclic) bond motifs is 1. The molecule has 3 amide bonds. The van der Waals surface area contributed by atoms with E-state index < -0.39 is 23.9 Å². The molecule has 1 aliphatic rings. The molecule has 1 fully saturated rings. The van der Waals surface area contributed by atoms with Crippen molar-refractivity contribution in [1.29, 1.82) is 0 Å². The normalized spacial score (nSPS) is 14.2. The number of carbonyl (C=O) groups is 2. The highest BCUT2D eigenvalue weighted by Gasteiger charge is 2.36. The van der Waals surface area contributed by atoms with Gasteiger partial charge in [0.05, 0.1) is 5.56 Å². The van der Waals surface area contributed by atoms with Crippen molar-refractivity contribution in [3.8, 4) is 5.69 Å². The van der Waals surface area contributed by atoms with Crippen LogP contribution < -0.4 is 20.4 Å². The van der Waals surface area contributed by atoms with Gasteiger partial charge in [0.1, 0.15) is 12.7 Å². The molecule has 0 radical (unpaired) electrons. The summed E-state index contributed by atoms with van der Waals surface area (Å²) in [6.45, 7) is 2.27. The second-order valence-corrected chi connectivity index (χ2v) is 9.47. The Bertz CT molecular complexity index is 1580. The molecule has 15 heteroatoms. The predicted octanol–water partition coefficient (Wildman–Crippen LogP) is 4.34. The smallest absolute Gasteiger partial charge is 0.418 e. The van der Waals surface area contributed by atoms with E-state index in [0.717, 1.165) is 11.0 Å². The number of carboxylic acid groups (broad SMARTS) is 1. The monoisotopic (exact) mass is 569 g/mol. The van der Waals surface area contributed by atoms with Gasteiger partial charge in [-0.25, -0.2) is 24.5 Å². The third kappa shape index (κ3) is 5.84. The molecule has 1 saturated heterocycles. The zero-order valence-electron chi connectivity index (χ0n) is 22.1. The topological polar surface area (TPSA) is 132 Å². The quantitative estimate of drug-likeness (QED) is 0.324. The lowest BCUT2D eigenvalue weighted by atomic mass is 10.1. The standard InChI is InChI=1S/C26H26F3N9O3/c1-35-9-11-37(12-10-35)20-8-5-17(13-19(20)26(27,28)29)34-24(39)33-16-3-6-18(7-4-16)38-15-32-21-22(36(2)25(40)41)30-14-31-23(21)38/h3-8,13-15H,9-12H2,1-2H3,(H,40,41)(H2,33,34,39). The van der Waals surface area contributed by atoms with Gasteiger partial charge in [-0.3, -0.25) is 9.47 Å². The van der Waals surface area contributed by atoms with Gasteiger partial charge in [0, 0.05) is 56.0 Å². The Morgan fingerprint density at radius 2 is 1.61 bits per heavy atom. The molecule has 0 saturated carbocycles. The number of anilines is 4. The SMILES string of the molecule is CN1CCN(c2ccc(NC(=O)Nc3ccc(-n4cnc5c(N(C)C(=O)O)ncnc54)cc3)cc2C(F)(F)F)CC1. The number of benzene rings is 2. The van der Waals surface area contributed by atoms with Crippen LogP contribution in [0.1, 0.15) is 5.56 Å². The molecular formula is C26H26F3N9O3. The number of carbonyl (C=O) groups excluding carboxylic acids is 1. The van der Waals surface area contributed by atoms with Crippen LogP contribution in [0.15, 0.2) is 55.1 Å². The highest BCUT2D eigenvalue weighted by atomic mass is 19.4. The first-order valence-corrected chi connectivity index (χ1v) is 12.5. The average Bonchev–Trinajstić information content (AvgIpc) is 3.37. The fourth-order valence-corrected chi connectivity index (χ4v) is 4.51. The predicted molar refractivity (Wildman–Crippen MR) is 147 cm³/mol. The number of hydrogen-bond donors (Lipinski definition) is 3. The molecule has 12 nitrogen and oxygen atoms in total. The van der Waals surface area contributed by atoms with Crippen molar-refractivity contribution in [3.63, 3.8) is 0 Å². The number of alkyl halides is 3. The van der Waals surface area contributed by atoms with Crippen LogP contribution in [0, 0.1) is 0 Å². The summed E-state index contributed by atoms with van der Waals surface area (Å²) in [6.07, 6.45) is -3.09. The Labute approximate surface area is 232 Å². The van der Waals surface area contributed by atoms with E-state index in [1.807, 2.05) is 7.05 Å². The molecule has 5 rings (SSSR count). The fraction of sp³-hybridized carbons (Fsp3) is 0.269. The molecule has 0 bridgehead atoms. The Kier molecular flexibility index (Phi) is 7.36. The minimum atomic E-state index is -4.59. The molecule has 1 aliphatic heterocycles. The number of amides is 3. The van der Waals surface area contributed by atoms with Gasteiger partial charge in [-0.1, -0.05) is 0 Å². The third-order valence-electron chi connectivity index (χ3n) is 6.73. The molecule has 3 heterocycles. The van der Waals surface area contributed by atoms with Crippen LogP contribution in [0.25, 0.3) is 16.9 Å². The zero-order chi connectivity index (χ0) is 29.3. The van der Waals surface area contributed by atoms with Crippen LogP contribution >= 0.6 is 0 Å². The maximum Gasteiger partial charge on any atom is 0.418 e. The number of halogens is 3. The summed E-state index contributed by atoms with van der Waals surface area (Å²) in [5.74, 6) is 0.126. The number of nitrogens with zero attached hydrogens (tertiary/aromatic N) is 7. The number of aromatic nitrogens is 4. The molecule has 3 N–H and O–H groups in total. The lowest BCUT2D eigenvalue weighted by Crippen LogP contribution is -2.45. The van der Waals surface area contributed by atoms with E-state index in [-0.39, 0.29) is 22.7 Å². The Morgan fingerprint density at radius 1 is 0.951 bits per heavy atom. The van der Waals surface area contributed by atoms with Crippen LogP contribution in [0.5, 0.6) is 0 Å². The summed E-state index contributed by atoms with van der Waals surface area (Å²) in [5.41, 5.74) is 0.968. The molecular weight excluding hydrogens is 543 g/mol. The van der Waals surface area contributed by atoms with Crippen molar-refractivity contribution in [1.82, 2.24) is 24.4 Å². The van der Waals surface area contributed by atoms with E-state index in [1.165, 1.54) is 31.8 Å². The van der Waals surface area contributed by atoms with Crippen LogP contribution in [-0.2, 0) is 6.18 Å². The lowest BCUT2D eigenvalue weighted by Gasteiger charge is -2.35. The first-order chi connectivity index (χ1) is 19.5. The molecule has 0 unspecified atom stereocenters.